The summed E-state index contributed by atoms with van der Waals surface area (Å²) in [6, 6.07) is 0. The van der Waals surface area contributed by atoms with Crippen LogP contribution in [0.3, 0.4) is 0 Å². The van der Waals surface area contributed by atoms with Gasteiger partial charge in [0.15, 0.2) is 0 Å². The number of amides is 3. The predicted molar refractivity (Wildman–Crippen MR) is 85.2 cm³/mol. The molecule has 1 aliphatic rings. The van der Waals surface area contributed by atoms with Crippen molar-refractivity contribution in [1.29, 1.82) is 0 Å². The van der Waals surface area contributed by atoms with Crippen molar-refractivity contribution in [2.24, 2.45) is 0 Å². The van der Waals surface area contributed by atoms with Gasteiger partial charge in [-0.1, -0.05) is 6.42 Å². The van der Waals surface area contributed by atoms with Crippen LogP contribution in [0.25, 0.3) is 0 Å². The average Bonchev–Trinajstić information content (AvgIpc) is 2.59. The van der Waals surface area contributed by atoms with Crippen LogP contribution in [0.4, 0.5) is 0 Å². The highest BCUT2D eigenvalue weighted by Crippen LogP contribution is 2.11. The molecule has 0 aromatic carbocycles. The zero-order valence-electron chi connectivity index (χ0n) is 14.3. The number of rotatable bonds is 5. The number of nitrogens with one attached hydrogen (secondary N) is 1. The van der Waals surface area contributed by atoms with Gasteiger partial charge >= 0.3 is 0 Å². The van der Waals surface area contributed by atoms with Crippen LogP contribution in [0.5, 0.6) is 0 Å². The number of likely N-dealkylation sites (tertiary alicyclic amines) is 1. The SMILES string of the molecule is CCN(CC(=O)NC(C)(C)C)C(=O)CN1CCCCCC1=O. The second-order valence-electron chi connectivity index (χ2n) is 6.83. The summed E-state index contributed by atoms with van der Waals surface area (Å²) in [4.78, 5) is 39.4. The summed E-state index contributed by atoms with van der Waals surface area (Å²) in [5, 5.41) is 2.85. The number of nitrogens with zero attached hydrogens (tertiary/aromatic N) is 2. The van der Waals surface area contributed by atoms with E-state index in [1.54, 1.807) is 4.90 Å². The maximum absolute atomic E-state index is 12.4. The molecule has 1 N–H and O–H groups in total. The molecule has 1 aliphatic heterocycles. The molecule has 0 spiro atoms. The van der Waals surface area contributed by atoms with Crippen LogP contribution in [0.15, 0.2) is 0 Å². The minimum Gasteiger partial charge on any atom is -0.350 e. The highest BCUT2D eigenvalue weighted by molar-refractivity contribution is 5.88. The van der Waals surface area contributed by atoms with E-state index in [1.165, 1.54) is 4.90 Å². The van der Waals surface area contributed by atoms with Gasteiger partial charge in [0.2, 0.25) is 17.7 Å². The molecule has 0 aromatic rings. The van der Waals surface area contributed by atoms with Gasteiger partial charge in [-0.25, -0.2) is 0 Å². The Bertz CT molecular complexity index is 415. The number of hydrogen-bond donors (Lipinski definition) is 1. The molecule has 0 aromatic heterocycles. The Hall–Kier alpha value is -1.59. The van der Waals surface area contributed by atoms with Crippen molar-refractivity contribution in [3.05, 3.63) is 0 Å². The highest BCUT2D eigenvalue weighted by Gasteiger charge is 2.24. The predicted octanol–water partition coefficient (Wildman–Crippen LogP) is 1.15. The van der Waals surface area contributed by atoms with Crippen molar-refractivity contribution >= 4 is 17.7 Å². The summed E-state index contributed by atoms with van der Waals surface area (Å²) < 4.78 is 0. The Kier molecular flexibility index (Phi) is 6.84. The molecule has 1 fully saturated rings. The van der Waals surface area contributed by atoms with E-state index >= 15 is 0 Å². The smallest absolute Gasteiger partial charge is 0.242 e. The van der Waals surface area contributed by atoms with Crippen LogP contribution in [0.1, 0.15) is 53.4 Å². The summed E-state index contributed by atoms with van der Waals surface area (Å²) >= 11 is 0. The Morgan fingerprint density at radius 1 is 1.23 bits per heavy atom. The summed E-state index contributed by atoms with van der Waals surface area (Å²) in [6.07, 6.45) is 3.39. The van der Waals surface area contributed by atoms with Crippen LogP contribution >= 0.6 is 0 Å². The first-order valence-corrected chi connectivity index (χ1v) is 8.09. The Balaban J connectivity index is 2.56. The van der Waals surface area contributed by atoms with E-state index in [-0.39, 0.29) is 36.3 Å². The molecule has 22 heavy (non-hydrogen) atoms. The quantitative estimate of drug-likeness (QED) is 0.828. The van der Waals surface area contributed by atoms with Gasteiger partial charge in [0.1, 0.15) is 0 Å². The van der Waals surface area contributed by atoms with Gasteiger partial charge in [-0.3, -0.25) is 14.4 Å². The molecule has 0 atom stereocenters. The zero-order valence-corrected chi connectivity index (χ0v) is 14.3. The lowest BCUT2D eigenvalue weighted by Gasteiger charge is -2.27. The maximum atomic E-state index is 12.4. The fraction of sp³-hybridized carbons (Fsp3) is 0.812. The standard InChI is InChI=1S/C16H29N3O3/c1-5-18(11-13(20)17-16(2,3)4)15(22)12-19-10-8-6-7-9-14(19)21/h5-12H2,1-4H3,(H,17,20). The fourth-order valence-corrected chi connectivity index (χ4v) is 2.48. The first-order valence-electron chi connectivity index (χ1n) is 8.09. The summed E-state index contributed by atoms with van der Waals surface area (Å²) in [7, 11) is 0. The van der Waals surface area contributed by atoms with Crippen LogP contribution in [-0.2, 0) is 14.4 Å². The maximum Gasteiger partial charge on any atom is 0.242 e. The Morgan fingerprint density at radius 2 is 1.91 bits per heavy atom. The van der Waals surface area contributed by atoms with Crippen LogP contribution in [-0.4, -0.2) is 59.2 Å². The minimum absolute atomic E-state index is 0.0363. The number of likely N-dealkylation sites (N-methyl/N-ethyl adjacent to an activating group) is 1. The first kappa shape index (κ1) is 18.5. The molecule has 3 amide bonds. The van der Waals surface area contributed by atoms with E-state index in [4.69, 9.17) is 0 Å². The van der Waals surface area contributed by atoms with Crippen LogP contribution in [0, 0.1) is 0 Å². The molecule has 1 heterocycles. The monoisotopic (exact) mass is 311 g/mol. The van der Waals surface area contributed by atoms with E-state index < -0.39 is 0 Å². The van der Waals surface area contributed by atoms with E-state index in [9.17, 15) is 14.4 Å². The third-order valence-corrected chi connectivity index (χ3v) is 3.58. The third kappa shape index (κ3) is 6.45. The molecule has 0 bridgehead atoms. The molecule has 0 saturated carbocycles. The number of carbonyl (C=O) groups excluding carboxylic acids is 3. The summed E-state index contributed by atoms with van der Waals surface area (Å²) in [5.41, 5.74) is -0.319. The normalized spacial score (nSPS) is 16.2. The van der Waals surface area contributed by atoms with Crippen molar-refractivity contribution in [3.8, 4) is 0 Å². The lowest BCUT2D eigenvalue weighted by molar-refractivity contribution is -0.141. The van der Waals surface area contributed by atoms with Gasteiger partial charge in [0, 0.05) is 25.0 Å². The van der Waals surface area contributed by atoms with E-state index in [1.807, 2.05) is 27.7 Å². The lowest BCUT2D eigenvalue weighted by Crippen LogP contribution is -2.49. The van der Waals surface area contributed by atoms with Crippen molar-refractivity contribution in [1.82, 2.24) is 15.1 Å². The summed E-state index contributed by atoms with van der Waals surface area (Å²) in [6.45, 7) is 8.75. The van der Waals surface area contributed by atoms with Crippen molar-refractivity contribution in [3.63, 3.8) is 0 Å². The lowest BCUT2D eigenvalue weighted by atomic mass is 10.1. The molecule has 6 nitrogen and oxygen atoms in total. The topological polar surface area (TPSA) is 69.7 Å². The molecule has 0 unspecified atom stereocenters. The van der Waals surface area contributed by atoms with Gasteiger partial charge in [-0.15, -0.1) is 0 Å². The molecule has 1 saturated heterocycles. The average molecular weight is 311 g/mol. The zero-order chi connectivity index (χ0) is 16.8. The first-order chi connectivity index (χ1) is 10.2. The van der Waals surface area contributed by atoms with E-state index in [2.05, 4.69) is 5.32 Å². The molecule has 126 valence electrons. The second-order valence-corrected chi connectivity index (χ2v) is 6.83. The molecular formula is C16H29N3O3. The van der Waals surface area contributed by atoms with Crippen molar-refractivity contribution < 1.29 is 14.4 Å². The van der Waals surface area contributed by atoms with Crippen molar-refractivity contribution in [2.75, 3.05) is 26.2 Å². The molecule has 0 aliphatic carbocycles. The Morgan fingerprint density at radius 3 is 2.50 bits per heavy atom. The third-order valence-electron chi connectivity index (χ3n) is 3.58. The number of carbonyl (C=O) groups is 3. The van der Waals surface area contributed by atoms with Gasteiger partial charge in [-0.05, 0) is 40.5 Å². The molecular weight excluding hydrogens is 282 g/mol. The van der Waals surface area contributed by atoms with Crippen LogP contribution in [0.2, 0.25) is 0 Å². The summed E-state index contributed by atoms with van der Waals surface area (Å²) in [5.74, 6) is -0.298. The van der Waals surface area contributed by atoms with E-state index in [0.29, 0.717) is 19.5 Å². The molecule has 1 rings (SSSR count). The van der Waals surface area contributed by atoms with E-state index in [0.717, 1.165) is 19.3 Å². The van der Waals surface area contributed by atoms with Crippen molar-refractivity contribution in [2.45, 2.75) is 58.9 Å². The molecule has 6 heteroatoms. The highest BCUT2D eigenvalue weighted by atomic mass is 16.2. The van der Waals surface area contributed by atoms with Gasteiger partial charge in [0.25, 0.3) is 0 Å². The molecule has 0 radical (unpaired) electrons. The van der Waals surface area contributed by atoms with Gasteiger partial charge in [0.05, 0.1) is 13.1 Å². The van der Waals surface area contributed by atoms with Gasteiger partial charge in [-0.2, -0.15) is 0 Å². The minimum atomic E-state index is -0.319. The second kappa shape index (κ2) is 8.15. The van der Waals surface area contributed by atoms with Gasteiger partial charge < -0.3 is 15.1 Å². The largest absolute Gasteiger partial charge is 0.350 e. The Labute approximate surface area is 133 Å². The fourth-order valence-electron chi connectivity index (χ4n) is 2.48. The van der Waals surface area contributed by atoms with Crippen LogP contribution < -0.4 is 5.32 Å². The number of hydrogen-bond acceptors (Lipinski definition) is 3.